The van der Waals surface area contributed by atoms with E-state index in [1.165, 1.54) is 0 Å². The number of para-hydroxylation sites is 1. The first kappa shape index (κ1) is 9.00. The average molecular weight is 200 g/mol. The van der Waals surface area contributed by atoms with Gasteiger partial charge in [-0.15, -0.1) is 0 Å². The highest BCUT2D eigenvalue weighted by Crippen LogP contribution is 2.16. The van der Waals surface area contributed by atoms with E-state index >= 15 is 0 Å². The van der Waals surface area contributed by atoms with E-state index in [0.717, 1.165) is 16.5 Å². The number of pyridine rings is 1. The van der Waals surface area contributed by atoms with Crippen molar-refractivity contribution in [2.75, 3.05) is 0 Å². The minimum atomic E-state index is 0.553. The van der Waals surface area contributed by atoms with Crippen LogP contribution in [-0.4, -0.2) is 10.1 Å². The number of thiocarbonyl (C=S) groups is 1. The van der Waals surface area contributed by atoms with Crippen molar-refractivity contribution in [1.82, 2.24) is 4.98 Å². The molecule has 0 spiro atoms. The van der Waals surface area contributed by atoms with Gasteiger partial charge in [-0.1, -0.05) is 24.3 Å². The van der Waals surface area contributed by atoms with E-state index in [1.54, 1.807) is 6.20 Å². The first-order valence-electron chi connectivity index (χ1n) is 4.28. The molecule has 2 aromatic rings. The molecular formula is C11H8N2S. The minimum absolute atomic E-state index is 0.553. The Morgan fingerprint density at radius 3 is 3.00 bits per heavy atom. The molecule has 0 aliphatic rings. The van der Waals surface area contributed by atoms with Crippen LogP contribution in [0.25, 0.3) is 10.9 Å². The summed E-state index contributed by atoms with van der Waals surface area (Å²) in [4.78, 5) is 8.23. The molecule has 1 aromatic carbocycles. The lowest BCUT2D eigenvalue weighted by atomic mass is 10.1. The molecule has 0 saturated carbocycles. The van der Waals surface area contributed by atoms with Crippen molar-refractivity contribution in [3.8, 4) is 0 Å². The molecule has 2 nitrogen and oxygen atoms in total. The van der Waals surface area contributed by atoms with Gasteiger partial charge in [-0.2, -0.15) is 0 Å². The Labute approximate surface area is 87.3 Å². The molecule has 14 heavy (non-hydrogen) atoms. The van der Waals surface area contributed by atoms with Gasteiger partial charge in [-0.05, 0) is 18.3 Å². The fourth-order valence-corrected chi connectivity index (χ4v) is 1.48. The third-order valence-electron chi connectivity index (χ3n) is 2.03. The second-order valence-corrected chi connectivity index (χ2v) is 3.08. The molecule has 1 heterocycles. The minimum Gasteiger partial charge on any atom is -0.256 e. The second kappa shape index (κ2) is 4.09. The van der Waals surface area contributed by atoms with E-state index in [9.17, 15) is 0 Å². The van der Waals surface area contributed by atoms with Crippen molar-refractivity contribution in [2.24, 2.45) is 4.99 Å². The van der Waals surface area contributed by atoms with Gasteiger partial charge < -0.3 is 0 Å². The second-order valence-electron chi connectivity index (χ2n) is 2.90. The van der Waals surface area contributed by atoms with Gasteiger partial charge in [-0.3, -0.25) is 4.98 Å². The largest absolute Gasteiger partial charge is 0.256 e. The summed E-state index contributed by atoms with van der Waals surface area (Å²) in [5.74, 6) is 0. The van der Waals surface area contributed by atoms with Gasteiger partial charge >= 0.3 is 0 Å². The molecule has 3 heteroatoms. The number of hydrogen-bond donors (Lipinski definition) is 0. The summed E-state index contributed by atoms with van der Waals surface area (Å²) < 4.78 is 0. The molecular weight excluding hydrogens is 192 g/mol. The standard InChI is InChI=1S/C11H8N2S/c14-8-12-7-10-4-1-3-9-5-2-6-13-11(9)10/h1-6H,7H2. The molecule has 0 atom stereocenters. The molecule has 2 rings (SSSR count). The summed E-state index contributed by atoms with van der Waals surface area (Å²) in [7, 11) is 0. The highest BCUT2D eigenvalue weighted by molar-refractivity contribution is 7.78. The van der Waals surface area contributed by atoms with E-state index in [4.69, 9.17) is 0 Å². The molecule has 0 radical (unpaired) electrons. The van der Waals surface area contributed by atoms with Gasteiger partial charge in [0.05, 0.1) is 17.2 Å². The Morgan fingerprint density at radius 1 is 1.29 bits per heavy atom. The highest BCUT2D eigenvalue weighted by atomic mass is 32.1. The van der Waals surface area contributed by atoms with E-state index in [-0.39, 0.29) is 0 Å². The van der Waals surface area contributed by atoms with Crippen LogP contribution >= 0.6 is 12.2 Å². The maximum absolute atomic E-state index is 4.54. The van der Waals surface area contributed by atoms with Crippen molar-refractivity contribution >= 4 is 28.3 Å². The zero-order chi connectivity index (χ0) is 9.80. The number of isothiocyanates is 1. The zero-order valence-electron chi connectivity index (χ0n) is 7.47. The fraction of sp³-hybridized carbons (Fsp3) is 0.0909. The Kier molecular flexibility index (Phi) is 2.63. The third kappa shape index (κ3) is 1.69. The van der Waals surface area contributed by atoms with E-state index in [1.807, 2.05) is 30.3 Å². The number of benzene rings is 1. The SMILES string of the molecule is S=C=NCc1cccc2cccnc12. The molecule has 0 unspecified atom stereocenters. The lowest BCUT2D eigenvalue weighted by Crippen LogP contribution is -1.86. The molecule has 68 valence electrons. The molecule has 0 fully saturated rings. The zero-order valence-corrected chi connectivity index (χ0v) is 8.29. The first-order valence-corrected chi connectivity index (χ1v) is 4.69. The van der Waals surface area contributed by atoms with Crippen molar-refractivity contribution in [3.63, 3.8) is 0 Å². The molecule has 1 aromatic heterocycles. The van der Waals surface area contributed by atoms with Crippen LogP contribution in [0.2, 0.25) is 0 Å². The molecule has 0 amide bonds. The lowest BCUT2D eigenvalue weighted by Gasteiger charge is -2.00. The highest BCUT2D eigenvalue weighted by Gasteiger charge is 1.99. The van der Waals surface area contributed by atoms with Crippen LogP contribution in [-0.2, 0) is 6.54 Å². The van der Waals surface area contributed by atoms with Crippen LogP contribution in [0.5, 0.6) is 0 Å². The van der Waals surface area contributed by atoms with Gasteiger partial charge in [0.2, 0.25) is 0 Å². The summed E-state index contributed by atoms with van der Waals surface area (Å²) in [5, 5.41) is 3.49. The Morgan fingerprint density at radius 2 is 2.14 bits per heavy atom. The maximum Gasteiger partial charge on any atom is 0.0764 e. The normalized spacial score (nSPS) is 9.71. The van der Waals surface area contributed by atoms with Crippen molar-refractivity contribution in [3.05, 3.63) is 42.1 Å². The summed E-state index contributed by atoms with van der Waals surface area (Å²) >= 11 is 4.54. The summed E-state index contributed by atoms with van der Waals surface area (Å²) in [6, 6.07) is 10.00. The van der Waals surface area contributed by atoms with Crippen LogP contribution in [0.4, 0.5) is 0 Å². The number of rotatable bonds is 2. The van der Waals surface area contributed by atoms with Crippen molar-refractivity contribution < 1.29 is 0 Å². The average Bonchev–Trinajstić information content (AvgIpc) is 2.26. The predicted molar refractivity (Wildman–Crippen MR) is 60.5 cm³/mol. The van der Waals surface area contributed by atoms with Crippen LogP contribution < -0.4 is 0 Å². The predicted octanol–water partition coefficient (Wildman–Crippen LogP) is 2.84. The summed E-state index contributed by atoms with van der Waals surface area (Å²) in [6.07, 6.45) is 1.78. The number of aliphatic imine (C=N–C) groups is 1. The Balaban J connectivity index is 2.58. The van der Waals surface area contributed by atoms with Crippen molar-refractivity contribution in [2.45, 2.75) is 6.54 Å². The Bertz CT molecular complexity index is 496. The van der Waals surface area contributed by atoms with Gasteiger partial charge in [-0.25, -0.2) is 4.99 Å². The quantitative estimate of drug-likeness (QED) is 0.550. The first-order chi connectivity index (χ1) is 6.92. The fourth-order valence-electron chi connectivity index (χ4n) is 1.41. The Hall–Kier alpha value is -1.57. The molecule has 0 bridgehead atoms. The molecule has 0 saturated heterocycles. The van der Waals surface area contributed by atoms with Gasteiger partial charge in [0, 0.05) is 17.1 Å². The monoisotopic (exact) mass is 200 g/mol. The molecule has 0 N–H and O–H groups in total. The van der Waals surface area contributed by atoms with Crippen molar-refractivity contribution in [1.29, 1.82) is 0 Å². The number of hydrogen-bond acceptors (Lipinski definition) is 3. The molecule has 0 aliphatic carbocycles. The van der Waals surface area contributed by atoms with Crippen LogP contribution in [0.1, 0.15) is 5.56 Å². The summed E-state index contributed by atoms with van der Waals surface area (Å²) in [6.45, 7) is 0.553. The van der Waals surface area contributed by atoms with Gasteiger partial charge in [0.15, 0.2) is 0 Å². The molecule has 0 aliphatic heterocycles. The smallest absolute Gasteiger partial charge is 0.0764 e. The summed E-state index contributed by atoms with van der Waals surface area (Å²) in [5.41, 5.74) is 2.07. The van der Waals surface area contributed by atoms with Crippen LogP contribution in [0.3, 0.4) is 0 Å². The van der Waals surface area contributed by atoms with Gasteiger partial charge in [0.25, 0.3) is 0 Å². The number of nitrogens with zero attached hydrogens (tertiary/aromatic N) is 2. The number of aromatic nitrogens is 1. The van der Waals surface area contributed by atoms with E-state index in [0.29, 0.717) is 6.54 Å². The van der Waals surface area contributed by atoms with Crippen LogP contribution in [0.15, 0.2) is 41.5 Å². The van der Waals surface area contributed by atoms with E-state index in [2.05, 4.69) is 27.4 Å². The van der Waals surface area contributed by atoms with E-state index < -0.39 is 0 Å². The topological polar surface area (TPSA) is 25.2 Å². The third-order valence-corrected chi connectivity index (χ3v) is 2.16. The maximum atomic E-state index is 4.54. The van der Waals surface area contributed by atoms with Crippen LogP contribution in [0, 0.1) is 0 Å². The number of fused-ring (bicyclic) bond motifs is 1. The van der Waals surface area contributed by atoms with Gasteiger partial charge in [0.1, 0.15) is 0 Å². The lowest BCUT2D eigenvalue weighted by molar-refractivity contribution is 1.09.